The van der Waals surface area contributed by atoms with E-state index in [0.29, 0.717) is 11.3 Å². The van der Waals surface area contributed by atoms with E-state index in [4.69, 9.17) is 0 Å². The van der Waals surface area contributed by atoms with E-state index in [1.807, 2.05) is 0 Å². The van der Waals surface area contributed by atoms with E-state index in [0.717, 1.165) is 0 Å². The molecule has 1 aliphatic carbocycles. The molecule has 0 saturated heterocycles. The van der Waals surface area contributed by atoms with Gasteiger partial charge in [-0.2, -0.15) is 4.68 Å². The molecular weight excluding hydrogens is 379 g/mol. The minimum Gasteiger partial charge on any atom is -0.345 e. The Balaban J connectivity index is 1.73. The first-order valence-corrected chi connectivity index (χ1v) is 8.88. The van der Waals surface area contributed by atoms with Crippen LogP contribution in [0.25, 0.3) is 0 Å². The number of hydrogen-bond acceptors (Lipinski definition) is 7. The molecule has 2 N–H and O–H groups in total. The summed E-state index contributed by atoms with van der Waals surface area (Å²) in [6.45, 7) is 0. The fraction of sp³-hybridized carbons (Fsp3) is 0.158. The van der Waals surface area contributed by atoms with Gasteiger partial charge in [0.05, 0.1) is 12.0 Å². The maximum absolute atomic E-state index is 14.2. The second-order valence-corrected chi connectivity index (χ2v) is 7.21. The van der Waals surface area contributed by atoms with E-state index in [9.17, 15) is 18.8 Å². The van der Waals surface area contributed by atoms with Crippen molar-refractivity contribution in [3.8, 4) is 0 Å². The summed E-state index contributed by atoms with van der Waals surface area (Å²) in [6.07, 6.45) is 0. The average molecular weight is 390 g/mol. The maximum Gasteiger partial charge on any atom is 0.258 e. The lowest BCUT2D eigenvalue weighted by Gasteiger charge is -2.45. The van der Waals surface area contributed by atoms with E-state index < -0.39 is 40.8 Å². The number of rotatable bonds is 0. The van der Waals surface area contributed by atoms with Gasteiger partial charge in [0.15, 0.2) is 5.54 Å². The zero-order chi connectivity index (χ0) is 19.9. The molecule has 2 aromatic carbocycles. The summed E-state index contributed by atoms with van der Waals surface area (Å²) < 4.78 is 15.4. The third-order valence-electron chi connectivity index (χ3n) is 5.90. The topological polar surface area (TPSA) is 119 Å². The maximum atomic E-state index is 14.2. The summed E-state index contributed by atoms with van der Waals surface area (Å²) in [5.74, 6) is -3.67. The summed E-state index contributed by atoms with van der Waals surface area (Å²) >= 11 is 0. The van der Waals surface area contributed by atoms with Gasteiger partial charge in [-0.05, 0) is 34.2 Å². The summed E-state index contributed by atoms with van der Waals surface area (Å²) in [5.41, 5.74) is -0.397. The normalized spacial score (nSPS) is 26.3. The van der Waals surface area contributed by atoms with Gasteiger partial charge in [-0.3, -0.25) is 14.4 Å². The first-order chi connectivity index (χ1) is 14.0. The number of tetrazole rings is 1. The number of nitrogens with one attached hydrogen (secondary N) is 2. The molecule has 10 heteroatoms. The van der Waals surface area contributed by atoms with Gasteiger partial charge in [-0.25, -0.2) is 4.39 Å². The van der Waals surface area contributed by atoms with Crippen molar-refractivity contribution < 1.29 is 18.8 Å². The van der Waals surface area contributed by atoms with Gasteiger partial charge in [0.2, 0.25) is 17.5 Å². The number of amides is 1. The van der Waals surface area contributed by atoms with Crippen LogP contribution in [0.2, 0.25) is 0 Å². The molecule has 1 amide bonds. The fourth-order valence-corrected chi connectivity index (χ4v) is 4.76. The standard InChI is InChI=1S/C19H11FN6O3/c20-8-5-6-12-11(7-8)19(17(29)21-12)13-14(22-18-23-24-25-26(18)19)9-3-1-2-4-10(9)15(27)16(13)28/h1-7,13-14H,(H,21,29)(H,22,23,25). The van der Waals surface area contributed by atoms with Gasteiger partial charge in [-0.1, -0.05) is 29.4 Å². The monoisotopic (exact) mass is 390 g/mol. The number of Topliss-reactive ketones (excluding diaryl/α,β-unsaturated/α-hetero) is 2. The summed E-state index contributed by atoms with van der Waals surface area (Å²) in [6, 6.07) is 9.76. The number of carbonyl (C=O) groups is 3. The second kappa shape index (κ2) is 5.10. The lowest BCUT2D eigenvalue weighted by molar-refractivity contribution is -0.133. The minimum absolute atomic E-state index is 0.149. The quantitative estimate of drug-likeness (QED) is 0.551. The highest BCUT2D eigenvalue weighted by atomic mass is 19.1. The number of nitrogens with zero attached hydrogens (tertiary/aromatic N) is 4. The van der Waals surface area contributed by atoms with E-state index in [1.165, 1.54) is 22.9 Å². The predicted molar refractivity (Wildman–Crippen MR) is 95.6 cm³/mol. The van der Waals surface area contributed by atoms with Crippen LogP contribution in [0.1, 0.15) is 27.5 Å². The average Bonchev–Trinajstić information content (AvgIpc) is 3.30. The number of halogens is 1. The lowest BCUT2D eigenvalue weighted by atomic mass is 9.65. The zero-order valence-electron chi connectivity index (χ0n) is 14.6. The molecule has 0 radical (unpaired) electrons. The molecule has 1 aromatic heterocycles. The second-order valence-electron chi connectivity index (χ2n) is 7.21. The van der Waals surface area contributed by atoms with Crippen LogP contribution >= 0.6 is 0 Å². The number of anilines is 2. The van der Waals surface area contributed by atoms with Crippen molar-refractivity contribution in [3.63, 3.8) is 0 Å². The van der Waals surface area contributed by atoms with Crippen LogP contribution in [0.15, 0.2) is 42.5 Å². The van der Waals surface area contributed by atoms with Gasteiger partial charge in [0, 0.05) is 16.8 Å². The summed E-state index contributed by atoms with van der Waals surface area (Å²) in [5, 5.41) is 17.3. The molecule has 3 aliphatic rings. The van der Waals surface area contributed by atoms with Crippen LogP contribution < -0.4 is 10.6 Å². The Hall–Kier alpha value is -3.95. The highest BCUT2D eigenvalue weighted by Crippen LogP contribution is 2.54. The number of aromatic nitrogens is 4. The first kappa shape index (κ1) is 16.0. The number of ketones is 2. The van der Waals surface area contributed by atoms with Gasteiger partial charge in [0.1, 0.15) is 5.82 Å². The van der Waals surface area contributed by atoms with Crippen LogP contribution in [0, 0.1) is 11.7 Å². The molecule has 3 atom stereocenters. The number of carbonyl (C=O) groups excluding carboxylic acids is 3. The van der Waals surface area contributed by atoms with E-state index >= 15 is 0 Å². The van der Waals surface area contributed by atoms with Crippen LogP contribution in [0.4, 0.5) is 16.0 Å². The third-order valence-corrected chi connectivity index (χ3v) is 5.90. The molecule has 9 nitrogen and oxygen atoms in total. The van der Waals surface area contributed by atoms with Gasteiger partial charge >= 0.3 is 0 Å². The molecule has 3 aromatic rings. The molecule has 3 unspecified atom stereocenters. The Kier molecular flexibility index (Phi) is 2.82. The zero-order valence-corrected chi connectivity index (χ0v) is 14.6. The van der Waals surface area contributed by atoms with Crippen LogP contribution in [0.5, 0.6) is 0 Å². The van der Waals surface area contributed by atoms with Crippen molar-refractivity contribution in [2.24, 2.45) is 5.92 Å². The Morgan fingerprint density at radius 3 is 2.79 bits per heavy atom. The van der Waals surface area contributed by atoms with E-state index in [1.54, 1.807) is 24.3 Å². The molecule has 3 heterocycles. The van der Waals surface area contributed by atoms with Crippen molar-refractivity contribution in [2.45, 2.75) is 11.6 Å². The fourth-order valence-electron chi connectivity index (χ4n) is 4.76. The van der Waals surface area contributed by atoms with E-state index in [-0.39, 0.29) is 17.1 Å². The Bertz CT molecular complexity index is 1270. The molecular formula is C19H11FN6O3. The molecule has 0 bridgehead atoms. The lowest BCUT2D eigenvalue weighted by Crippen LogP contribution is -2.60. The molecule has 6 rings (SSSR count). The molecule has 29 heavy (non-hydrogen) atoms. The van der Waals surface area contributed by atoms with E-state index in [2.05, 4.69) is 26.2 Å². The number of benzene rings is 2. The van der Waals surface area contributed by atoms with Crippen molar-refractivity contribution in [3.05, 3.63) is 65.0 Å². The highest BCUT2D eigenvalue weighted by molar-refractivity contribution is 6.46. The molecule has 142 valence electrons. The first-order valence-electron chi connectivity index (χ1n) is 8.88. The van der Waals surface area contributed by atoms with Crippen LogP contribution in [-0.4, -0.2) is 37.7 Å². The largest absolute Gasteiger partial charge is 0.345 e. The highest BCUT2D eigenvalue weighted by Gasteiger charge is 2.65. The number of fused-ring (bicyclic) bond motifs is 8. The van der Waals surface area contributed by atoms with Crippen molar-refractivity contribution in [1.29, 1.82) is 0 Å². The predicted octanol–water partition coefficient (Wildman–Crippen LogP) is 1.06. The van der Waals surface area contributed by atoms with Crippen molar-refractivity contribution in [1.82, 2.24) is 20.2 Å². The third kappa shape index (κ3) is 1.74. The molecule has 0 fully saturated rings. The van der Waals surface area contributed by atoms with Gasteiger partial charge in [-0.15, -0.1) is 0 Å². The van der Waals surface area contributed by atoms with Crippen LogP contribution in [0.3, 0.4) is 0 Å². The molecule has 0 saturated carbocycles. The molecule has 2 aliphatic heterocycles. The minimum atomic E-state index is -1.79. The SMILES string of the molecule is O=C1C(=O)C2C(Nc3nnnn3C23C(=O)Nc2ccc(F)cc23)c2ccccc21. The van der Waals surface area contributed by atoms with Crippen molar-refractivity contribution in [2.75, 3.05) is 10.6 Å². The van der Waals surface area contributed by atoms with Gasteiger partial charge < -0.3 is 10.6 Å². The molecule has 1 spiro atoms. The Labute approximate surface area is 161 Å². The van der Waals surface area contributed by atoms with Crippen molar-refractivity contribution >= 4 is 29.1 Å². The van der Waals surface area contributed by atoms with Gasteiger partial charge in [0.25, 0.3) is 5.91 Å². The van der Waals surface area contributed by atoms with Crippen LogP contribution in [-0.2, 0) is 15.1 Å². The Morgan fingerprint density at radius 2 is 1.93 bits per heavy atom. The Morgan fingerprint density at radius 1 is 1.10 bits per heavy atom. The summed E-state index contributed by atoms with van der Waals surface area (Å²) in [4.78, 5) is 39.6. The number of hydrogen-bond donors (Lipinski definition) is 2. The summed E-state index contributed by atoms with van der Waals surface area (Å²) in [7, 11) is 0. The smallest absolute Gasteiger partial charge is 0.258 e.